The summed E-state index contributed by atoms with van der Waals surface area (Å²) >= 11 is 0. The normalized spacial score (nSPS) is 17.5. The highest BCUT2D eigenvalue weighted by Gasteiger charge is 2.40. The number of carbonyl (C=O) groups is 3. The van der Waals surface area contributed by atoms with E-state index in [-0.39, 0.29) is 18.9 Å². The molecular formula is C17H21NO5. The van der Waals surface area contributed by atoms with E-state index in [1.54, 1.807) is 52.0 Å². The molecule has 1 amide bonds. The quantitative estimate of drug-likeness (QED) is 0.619. The molecule has 6 nitrogen and oxygen atoms in total. The number of fused-ring (bicyclic) bond motifs is 1. The van der Waals surface area contributed by atoms with Crippen molar-refractivity contribution in [2.75, 3.05) is 18.1 Å². The van der Waals surface area contributed by atoms with E-state index in [4.69, 9.17) is 9.47 Å². The van der Waals surface area contributed by atoms with Crippen LogP contribution in [0.4, 0.5) is 10.5 Å². The number of hydrogen-bond donors (Lipinski definition) is 0. The number of ether oxygens (including phenoxy) is 2. The van der Waals surface area contributed by atoms with Crippen LogP contribution in [0.1, 0.15) is 38.1 Å². The van der Waals surface area contributed by atoms with Crippen molar-refractivity contribution in [3.8, 4) is 0 Å². The van der Waals surface area contributed by atoms with Crippen LogP contribution in [0.2, 0.25) is 0 Å². The minimum Gasteiger partial charge on any atom is -0.465 e. The van der Waals surface area contributed by atoms with Gasteiger partial charge in [0.2, 0.25) is 0 Å². The van der Waals surface area contributed by atoms with E-state index in [0.29, 0.717) is 11.3 Å². The summed E-state index contributed by atoms with van der Waals surface area (Å²) in [6.07, 6.45) is -0.591. The summed E-state index contributed by atoms with van der Waals surface area (Å²) < 4.78 is 10.3. The maximum absolute atomic E-state index is 12.5. The lowest BCUT2D eigenvalue weighted by Crippen LogP contribution is -2.47. The highest BCUT2D eigenvalue weighted by molar-refractivity contribution is 6.16. The van der Waals surface area contributed by atoms with Gasteiger partial charge in [0.15, 0.2) is 5.78 Å². The minimum atomic E-state index is -1.03. The summed E-state index contributed by atoms with van der Waals surface area (Å²) in [6.45, 7) is 7.04. The molecule has 0 radical (unpaired) electrons. The third-order valence-electron chi connectivity index (χ3n) is 3.33. The van der Waals surface area contributed by atoms with E-state index >= 15 is 0 Å². The molecule has 0 saturated carbocycles. The van der Waals surface area contributed by atoms with Crippen LogP contribution < -0.4 is 4.90 Å². The standard InChI is InChI=1S/C17H21NO5/c1-5-22-15(20)12-10-18(16(21)23-17(2,3)4)13-9-7-6-8-11(13)14(12)19/h6-9,12H,5,10H2,1-4H3. The van der Waals surface area contributed by atoms with E-state index in [1.807, 2.05) is 0 Å². The van der Waals surface area contributed by atoms with Gasteiger partial charge in [0.1, 0.15) is 11.5 Å². The number of para-hydroxylation sites is 1. The zero-order valence-electron chi connectivity index (χ0n) is 13.8. The Labute approximate surface area is 135 Å². The number of amides is 1. The summed E-state index contributed by atoms with van der Waals surface area (Å²) in [5.74, 6) is -1.99. The lowest BCUT2D eigenvalue weighted by molar-refractivity contribution is -0.145. The van der Waals surface area contributed by atoms with Crippen molar-refractivity contribution in [2.24, 2.45) is 5.92 Å². The first-order valence-corrected chi connectivity index (χ1v) is 7.55. The largest absolute Gasteiger partial charge is 0.465 e. The fourth-order valence-electron chi connectivity index (χ4n) is 2.38. The number of carbonyl (C=O) groups excluding carboxylic acids is 3. The molecule has 1 aromatic rings. The molecule has 23 heavy (non-hydrogen) atoms. The molecule has 0 saturated heterocycles. The fraction of sp³-hybridized carbons (Fsp3) is 0.471. The van der Waals surface area contributed by atoms with Crippen molar-refractivity contribution in [3.05, 3.63) is 29.8 Å². The Balaban J connectivity index is 2.38. The van der Waals surface area contributed by atoms with Gasteiger partial charge in [-0.25, -0.2) is 4.79 Å². The van der Waals surface area contributed by atoms with E-state index in [9.17, 15) is 14.4 Å². The Morgan fingerprint density at radius 1 is 1.26 bits per heavy atom. The van der Waals surface area contributed by atoms with Gasteiger partial charge in [-0.1, -0.05) is 12.1 Å². The average Bonchev–Trinajstić information content (AvgIpc) is 2.46. The fourth-order valence-corrected chi connectivity index (χ4v) is 2.38. The molecule has 1 heterocycles. The first kappa shape index (κ1) is 17.0. The summed E-state index contributed by atoms with van der Waals surface area (Å²) in [7, 11) is 0. The number of Topliss-reactive ketones (excluding diaryl/α,β-unsaturated/α-hetero) is 1. The predicted molar refractivity (Wildman–Crippen MR) is 84.5 cm³/mol. The van der Waals surface area contributed by atoms with Crippen LogP contribution in [0.15, 0.2) is 24.3 Å². The van der Waals surface area contributed by atoms with Gasteiger partial charge < -0.3 is 9.47 Å². The van der Waals surface area contributed by atoms with E-state index in [1.165, 1.54) is 4.90 Å². The molecule has 0 N–H and O–H groups in total. The van der Waals surface area contributed by atoms with Gasteiger partial charge in [-0.2, -0.15) is 0 Å². The molecule has 0 fully saturated rings. The summed E-state index contributed by atoms with van der Waals surface area (Å²) in [5.41, 5.74) is 0.0994. The van der Waals surface area contributed by atoms with Crippen LogP contribution in [-0.2, 0) is 14.3 Å². The van der Waals surface area contributed by atoms with E-state index < -0.39 is 23.6 Å². The number of rotatable bonds is 2. The van der Waals surface area contributed by atoms with Crippen LogP contribution >= 0.6 is 0 Å². The lowest BCUT2D eigenvalue weighted by atomic mass is 9.91. The van der Waals surface area contributed by atoms with E-state index in [0.717, 1.165) is 0 Å². The highest BCUT2D eigenvalue weighted by atomic mass is 16.6. The van der Waals surface area contributed by atoms with Gasteiger partial charge in [-0.3, -0.25) is 14.5 Å². The number of anilines is 1. The second-order valence-corrected chi connectivity index (χ2v) is 6.28. The molecule has 1 aromatic carbocycles. The molecule has 0 aliphatic carbocycles. The average molecular weight is 319 g/mol. The van der Waals surface area contributed by atoms with Gasteiger partial charge >= 0.3 is 12.1 Å². The summed E-state index contributed by atoms with van der Waals surface area (Å²) in [5, 5.41) is 0. The molecule has 0 bridgehead atoms. The Hall–Kier alpha value is -2.37. The Morgan fingerprint density at radius 2 is 1.91 bits per heavy atom. The molecule has 0 aromatic heterocycles. The smallest absolute Gasteiger partial charge is 0.414 e. The maximum Gasteiger partial charge on any atom is 0.414 e. The molecule has 124 valence electrons. The van der Waals surface area contributed by atoms with Gasteiger partial charge in [-0.15, -0.1) is 0 Å². The van der Waals surface area contributed by atoms with Crippen molar-refractivity contribution in [2.45, 2.75) is 33.3 Å². The third kappa shape index (κ3) is 3.70. The number of ketones is 1. The summed E-state index contributed by atoms with van der Waals surface area (Å²) in [4.78, 5) is 38.3. The van der Waals surface area contributed by atoms with E-state index in [2.05, 4.69) is 0 Å². The van der Waals surface area contributed by atoms with Gasteiger partial charge in [0.25, 0.3) is 0 Å². The van der Waals surface area contributed by atoms with Crippen molar-refractivity contribution in [1.82, 2.24) is 0 Å². The van der Waals surface area contributed by atoms with Crippen LogP contribution in [0.25, 0.3) is 0 Å². The molecule has 1 aliphatic heterocycles. The van der Waals surface area contributed by atoms with Crippen molar-refractivity contribution >= 4 is 23.5 Å². The van der Waals surface area contributed by atoms with Crippen LogP contribution in [0.3, 0.4) is 0 Å². The SMILES string of the molecule is CCOC(=O)C1CN(C(=O)OC(C)(C)C)c2ccccc2C1=O. The lowest BCUT2D eigenvalue weighted by Gasteiger charge is -2.33. The topological polar surface area (TPSA) is 72.9 Å². The second-order valence-electron chi connectivity index (χ2n) is 6.28. The molecule has 6 heteroatoms. The van der Waals surface area contributed by atoms with Crippen LogP contribution in [0, 0.1) is 5.92 Å². The Kier molecular flexibility index (Phi) is 4.73. The first-order valence-electron chi connectivity index (χ1n) is 7.55. The zero-order chi connectivity index (χ0) is 17.2. The maximum atomic E-state index is 12.5. The zero-order valence-corrected chi connectivity index (χ0v) is 13.8. The van der Waals surface area contributed by atoms with Crippen molar-refractivity contribution in [3.63, 3.8) is 0 Å². The van der Waals surface area contributed by atoms with Crippen LogP contribution in [0.5, 0.6) is 0 Å². The molecule has 2 rings (SSSR count). The van der Waals surface area contributed by atoms with Crippen molar-refractivity contribution < 1.29 is 23.9 Å². The number of hydrogen-bond acceptors (Lipinski definition) is 5. The molecule has 1 aliphatic rings. The number of nitrogens with zero attached hydrogens (tertiary/aromatic N) is 1. The highest BCUT2D eigenvalue weighted by Crippen LogP contribution is 2.31. The third-order valence-corrected chi connectivity index (χ3v) is 3.33. The summed E-state index contributed by atoms with van der Waals surface area (Å²) in [6, 6.07) is 6.69. The Bertz CT molecular complexity index is 632. The second kappa shape index (κ2) is 6.40. The monoisotopic (exact) mass is 319 g/mol. The Morgan fingerprint density at radius 3 is 2.52 bits per heavy atom. The minimum absolute atomic E-state index is 0.0798. The van der Waals surface area contributed by atoms with Gasteiger partial charge in [0.05, 0.1) is 18.8 Å². The molecule has 1 unspecified atom stereocenters. The number of esters is 1. The molecule has 1 atom stereocenters. The van der Waals surface area contributed by atoms with Gasteiger partial charge in [0, 0.05) is 5.56 Å². The predicted octanol–water partition coefficient (Wildman–Crippen LogP) is 2.80. The first-order chi connectivity index (χ1) is 10.7. The van der Waals surface area contributed by atoms with Crippen molar-refractivity contribution in [1.29, 1.82) is 0 Å². The van der Waals surface area contributed by atoms with Crippen LogP contribution in [-0.4, -0.2) is 36.6 Å². The van der Waals surface area contributed by atoms with Gasteiger partial charge in [-0.05, 0) is 39.8 Å². The molecular weight excluding hydrogens is 298 g/mol. The number of benzene rings is 1. The molecule has 0 spiro atoms.